The molecule has 1 rings (SSSR count). The third kappa shape index (κ3) is 6.16. The Morgan fingerprint density at radius 1 is 1.24 bits per heavy atom. The van der Waals surface area contributed by atoms with Crippen molar-refractivity contribution in [3.05, 3.63) is 48.6 Å². The van der Waals surface area contributed by atoms with E-state index in [0.717, 1.165) is 26.2 Å². The molecule has 0 aliphatic rings. The van der Waals surface area contributed by atoms with Crippen molar-refractivity contribution in [3.8, 4) is 0 Å². The van der Waals surface area contributed by atoms with Crippen LogP contribution in [0, 0.1) is 0 Å². The fourth-order valence-electron chi connectivity index (χ4n) is 2.54. The number of hydrogen-bond acceptors (Lipinski definition) is 2. The van der Waals surface area contributed by atoms with Gasteiger partial charge >= 0.3 is 0 Å². The summed E-state index contributed by atoms with van der Waals surface area (Å²) in [5.74, 6) is 0. The molecule has 118 valence electrons. The SMILES string of the molecule is C=CCC(CNC)(COCC[Si](C)(C)C)c1ccccc1. The van der Waals surface area contributed by atoms with Crippen molar-refractivity contribution < 1.29 is 4.74 Å². The second-order valence-corrected chi connectivity index (χ2v) is 12.7. The van der Waals surface area contributed by atoms with Crippen molar-refractivity contribution in [2.75, 3.05) is 26.8 Å². The molecule has 0 heterocycles. The first-order chi connectivity index (χ1) is 9.93. The summed E-state index contributed by atoms with van der Waals surface area (Å²) in [5.41, 5.74) is 1.31. The molecular formula is C18H31NOSi. The summed E-state index contributed by atoms with van der Waals surface area (Å²) in [7, 11) is 0.972. The number of hydrogen-bond donors (Lipinski definition) is 1. The molecule has 1 unspecified atom stereocenters. The minimum absolute atomic E-state index is 0.0167. The average Bonchev–Trinajstić information content (AvgIpc) is 2.44. The molecule has 1 atom stereocenters. The van der Waals surface area contributed by atoms with Crippen LogP contribution in [0.5, 0.6) is 0 Å². The third-order valence-electron chi connectivity index (χ3n) is 3.81. The van der Waals surface area contributed by atoms with Gasteiger partial charge in [0.15, 0.2) is 0 Å². The summed E-state index contributed by atoms with van der Waals surface area (Å²) in [5, 5.41) is 3.33. The van der Waals surface area contributed by atoms with Crippen LogP contribution < -0.4 is 5.32 Å². The van der Waals surface area contributed by atoms with E-state index in [-0.39, 0.29) is 5.41 Å². The molecule has 0 aromatic heterocycles. The number of rotatable bonds is 10. The Morgan fingerprint density at radius 2 is 1.90 bits per heavy atom. The first-order valence-electron chi connectivity index (χ1n) is 7.82. The summed E-state index contributed by atoms with van der Waals surface area (Å²) in [6.07, 6.45) is 2.93. The van der Waals surface area contributed by atoms with Crippen LogP contribution in [0.3, 0.4) is 0 Å². The maximum Gasteiger partial charge on any atom is 0.0578 e. The van der Waals surface area contributed by atoms with Crippen LogP contribution >= 0.6 is 0 Å². The molecule has 0 saturated carbocycles. The van der Waals surface area contributed by atoms with E-state index in [2.05, 4.69) is 61.9 Å². The first-order valence-corrected chi connectivity index (χ1v) is 11.5. The second kappa shape index (κ2) is 8.52. The zero-order valence-corrected chi connectivity index (χ0v) is 15.1. The van der Waals surface area contributed by atoms with Gasteiger partial charge in [-0.15, -0.1) is 6.58 Å². The van der Waals surface area contributed by atoms with Crippen molar-refractivity contribution in [1.29, 1.82) is 0 Å². The first kappa shape index (κ1) is 18.1. The minimum Gasteiger partial charge on any atom is -0.381 e. The van der Waals surface area contributed by atoms with E-state index in [4.69, 9.17) is 4.74 Å². The molecule has 0 aliphatic carbocycles. The predicted molar refractivity (Wildman–Crippen MR) is 95.8 cm³/mol. The van der Waals surface area contributed by atoms with Crippen LogP contribution in [0.4, 0.5) is 0 Å². The van der Waals surface area contributed by atoms with Crippen LogP contribution in [-0.4, -0.2) is 34.9 Å². The van der Waals surface area contributed by atoms with Crippen LogP contribution in [-0.2, 0) is 10.2 Å². The summed E-state index contributed by atoms with van der Waals surface area (Å²) < 4.78 is 6.08. The molecule has 0 bridgehead atoms. The van der Waals surface area contributed by atoms with Gasteiger partial charge in [-0.2, -0.15) is 0 Å². The van der Waals surface area contributed by atoms with Crippen LogP contribution in [0.1, 0.15) is 12.0 Å². The Kier molecular flexibility index (Phi) is 7.36. The summed E-state index contributed by atoms with van der Waals surface area (Å²) >= 11 is 0. The Morgan fingerprint density at radius 3 is 2.43 bits per heavy atom. The molecule has 0 fully saturated rings. The van der Waals surface area contributed by atoms with Gasteiger partial charge in [0.25, 0.3) is 0 Å². The van der Waals surface area contributed by atoms with E-state index in [1.165, 1.54) is 11.6 Å². The normalized spacial score (nSPS) is 14.7. The molecule has 0 spiro atoms. The van der Waals surface area contributed by atoms with E-state index in [9.17, 15) is 0 Å². The van der Waals surface area contributed by atoms with Gasteiger partial charge in [-0.05, 0) is 25.1 Å². The Bertz CT molecular complexity index is 413. The standard InChI is InChI=1S/C18H31NOSi/c1-6-12-18(15-19-2,17-10-8-7-9-11-17)16-20-13-14-21(3,4)5/h6-11,19H,1,12-16H2,2-5H3. The molecule has 2 nitrogen and oxygen atoms in total. The maximum absolute atomic E-state index is 6.08. The topological polar surface area (TPSA) is 21.3 Å². The van der Waals surface area contributed by atoms with E-state index < -0.39 is 8.07 Å². The Hall–Kier alpha value is -0.903. The Labute approximate surface area is 131 Å². The number of nitrogens with one attached hydrogen (secondary N) is 1. The van der Waals surface area contributed by atoms with Crippen LogP contribution in [0.2, 0.25) is 25.7 Å². The zero-order valence-electron chi connectivity index (χ0n) is 14.1. The molecular weight excluding hydrogens is 274 g/mol. The van der Waals surface area contributed by atoms with E-state index in [1.807, 2.05) is 13.1 Å². The van der Waals surface area contributed by atoms with Gasteiger partial charge in [-0.1, -0.05) is 56.0 Å². The number of allylic oxidation sites excluding steroid dienone is 1. The van der Waals surface area contributed by atoms with Crippen molar-refractivity contribution >= 4 is 8.07 Å². The van der Waals surface area contributed by atoms with Gasteiger partial charge in [0.1, 0.15) is 0 Å². The van der Waals surface area contributed by atoms with Gasteiger partial charge in [-0.25, -0.2) is 0 Å². The monoisotopic (exact) mass is 305 g/mol. The van der Waals surface area contributed by atoms with E-state index in [0.29, 0.717) is 0 Å². The van der Waals surface area contributed by atoms with E-state index >= 15 is 0 Å². The lowest BCUT2D eigenvalue weighted by molar-refractivity contribution is 0.0916. The number of benzene rings is 1. The van der Waals surface area contributed by atoms with Crippen molar-refractivity contribution in [3.63, 3.8) is 0 Å². The van der Waals surface area contributed by atoms with Crippen LogP contribution in [0.25, 0.3) is 0 Å². The molecule has 0 saturated heterocycles. The third-order valence-corrected chi connectivity index (χ3v) is 5.52. The van der Waals surface area contributed by atoms with Crippen molar-refractivity contribution in [2.24, 2.45) is 0 Å². The van der Waals surface area contributed by atoms with Gasteiger partial charge in [-0.3, -0.25) is 0 Å². The van der Waals surface area contributed by atoms with Gasteiger partial charge in [0, 0.05) is 26.6 Å². The number of likely N-dealkylation sites (N-methyl/N-ethyl adjacent to an activating group) is 1. The highest BCUT2D eigenvalue weighted by atomic mass is 28.3. The highest BCUT2D eigenvalue weighted by Gasteiger charge is 2.30. The highest BCUT2D eigenvalue weighted by molar-refractivity contribution is 6.76. The highest BCUT2D eigenvalue weighted by Crippen LogP contribution is 2.29. The van der Waals surface area contributed by atoms with Gasteiger partial charge in [0.05, 0.1) is 6.61 Å². The fraction of sp³-hybridized carbons (Fsp3) is 0.556. The smallest absolute Gasteiger partial charge is 0.0578 e. The molecule has 21 heavy (non-hydrogen) atoms. The van der Waals surface area contributed by atoms with E-state index in [1.54, 1.807) is 0 Å². The van der Waals surface area contributed by atoms with Gasteiger partial charge in [0.2, 0.25) is 0 Å². The summed E-state index contributed by atoms with van der Waals surface area (Å²) in [4.78, 5) is 0. The molecule has 0 radical (unpaired) electrons. The maximum atomic E-state index is 6.08. The largest absolute Gasteiger partial charge is 0.381 e. The molecule has 1 aromatic carbocycles. The van der Waals surface area contributed by atoms with Crippen LogP contribution in [0.15, 0.2) is 43.0 Å². The second-order valence-electron chi connectivity index (χ2n) is 7.03. The molecule has 1 aromatic rings. The molecule has 0 amide bonds. The summed E-state index contributed by atoms with van der Waals surface area (Å²) in [6, 6.07) is 11.9. The Balaban J connectivity index is 2.79. The molecule has 3 heteroatoms. The zero-order chi connectivity index (χ0) is 15.8. The van der Waals surface area contributed by atoms with Crippen molar-refractivity contribution in [2.45, 2.75) is 37.5 Å². The average molecular weight is 306 g/mol. The fourth-order valence-corrected chi connectivity index (χ4v) is 3.29. The minimum atomic E-state index is -1.03. The number of ether oxygens (including phenoxy) is 1. The quantitative estimate of drug-likeness (QED) is 0.399. The lowest BCUT2D eigenvalue weighted by Gasteiger charge is -2.33. The predicted octanol–water partition coefficient (Wildman–Crippen LogP) is 4.07. The molecule has 0 aliphatic heterocycles. The lowest BCUT2D eigenvalue weighted by atomic mass is 9.78. The summed E-state index contributed by atoms with van der Waals surface area (Å²) in [6.45, 7) is 13.6. The lowest BCUT2D eigenvalue weighted by Crippen LogP contribution is -2.41. The molecule has 1 N–H and O–H groups in total. The van der Waals surface area contributed by atoms with Gasteiger partial charge < -0.3 is 10.1 Å². The van der Waals surface area contributed by atoms with Crippen molar-refractivity contribution in [1.82, 2.24) is 5.32 Å².